The van der Waals surface area contributed by atoms with Gasteiger partial charge in [0.25, 0.3) is 0 Å². The van der Waals surface area contributed by atoms with Crippen LogP contribution in [0.3, 0.4) is 0 Å². The molecule has 2 amide bonds. The van der Waals surface area contributed by atoms with Crippen molar-refractivity contribution in [3.8, 4) is 0 Å². The van der Waals surface area contributed by atoms with Gasteiger partial charge in [0.05, 0.1) is 0 Å². The van der Waals surface area contributed by atoms with Gasteiger partial charge in [-0.3, -0.25) is 9.69 Å². The zero-order valence-corrected chi connectivity index (χ0v) is 15.9. The Labute approximate surface area is 160 Å². The molecular formula is C22H26N2O3. The molecule has 1 heterocycles. The standard InChI is InChI=1S/C22H26N2O3/c1-3-23(19-12-7-9-17(2)15-19)21(25)20-13-8-14-24(20)22(26)27-16-18-10-5-4-6-11-18/h4-7,9-12,15,20H,3,8,13-14,16H2,1-2H3. The van der Waals surface area contributed by atoms with Crippen LogP contribution in [0, 0.1) is 6.92 Å². The largest absolute Gasteiger partial charge is 0.445 e. The predicted molar refractivity (Wildman–Crippen MR) is 106 cm³/mol. The summed E-state index contributed by atoms with van der Waals surface area (Å²) in [6.45, 7) is 5.28. The maximum Gasteiger partial charge on any atom is 0.410 e. The fraction of sp³-hybridized carbons (Fsp3) is 0.364. The highest BCUT2D eigenvalue weighted by Gasteiger charge is 2.37. The van der Waals surface area contributed by atoms with E-state index in [2.05, 4.69) is 0 Å². The maximum atomic E-state index is 13.2. The number of carbonyl (C=O) groups is 2. The van der Waals surface area contributed by atoms with Crippen molar-refractivity contribution in [2.24, 2.45) is 0 Å². The molecule has 5 nitrogen and oxygen atoms in total. The van der Waals surface area contributed by atoms with Gasteiger partial charge in [0, 0.05) is 18.8 Å². The van der Waals surface area contributed by atoms with Crippen LogP contribution in [-0.2, 0) is 16.1 Å². The molecule has 2 aromatic carbocycles. The average molecular weight is 366 g/mol. The smallest absolute Gasteiger partial charge is 0.410 e. The van der Waals surface area contributed by atoms with E-state index in [1.54, 1.807) is 9.80 Å². The molecule has 2 aromatic rings. The van der Waals surface area contributed by atoms with Gasteiger partial charge >= 0.3 is 6.09 Å². The van der Waals surface area contributed by atoms with Crippen LogP contribution >= 0.6 is 0 Å². The Balaban J connectivity index is 1.68. The Hall–Kier alpha value is -2.82. The molecule has 0 spiro atoms. The van der Waals surface area contributed by atoms with E-state index in [0.717, 1.165) is 23.2 Å². The summed E-state index contributed by atoms with van der Waals surface area (Å²) in [5.41, 5.74) is 2.90. The van der Waals surface area contributed by atoms with E-state index in [4.69, 9.17) is 4.74 Å². The molecule has 1 saturated heterocycles. The molecule has 1 atom stereocenters. The molecule has 1 aliphatic heterocycles. The van der Waals surface area contributed by atoms with Gasteiger partial charge in [-0.1, -0.05) is 42.5 Å². The van der Waals surface area contributed by atoms with Crippen molar-refractivity contribution in [1.82, 2.24) is 4.90 Å². The van der Waals surface area contributed by atoms with Gasteiger partial charge in [-0.2, -0.15) is 0 Å². The lowest BCUT2D eigenvalue weighted by Crippen LogP contribution is -2.48. The number of hydrogen-bond acceptors (Lipinski definition) is 3. The topological polar surface area (TPSA) is 49.9 Å². The summed E-state index contributed by atoms with van der Waals surface area (Å²) in [6.07, 6.45) is 1.05. The molecular weight excluding hydrogens is 340 g/mol. The molecule has 3 rings (SSSR count). The number of ether oxygens (including phenoxy) is 1. The van der Waals surface area contributed by atoms with E-state index in [-0.39, 0.29) is 12.5 Å². The lowest BCUT2D eigenvalue weighted by molar-refractivity contribution is -0.122. The Morgan fingerprint density at radius 3 is 2.63 bits per heavy atom. The van der Waals surface area contributed by atoms with Crippen molar-refractivity contribution in [3.63, 3.8) is 0 Å². The summed E-state index contributed by atoms with van der Waals surface area (Å²) in [5, 5.41) is 0. The summed E-state index contributed by atoms with van der Waals surface area (Å²) in [5.74, 6) is -0.0442. The summed E-state index contributed by atoms with van der Waals surface area (Å²) < 4.78 is 5.45. The number of anilines is 1. The number of amides is 2. The highest BCUT2D eigenvalue weighted by Crippen LogP contribution is 2.24. The van der Waals surface area contributed by atoms with Crippen LogP contribution in [0.2, 0.25) is 0 Å². The van der Waals surface area contributed by atoms with Gasteiger partial charge in [0.1, 0.15) is 12.6 Å². The molecule has 1 unspecified atom stereocenters. The molecule has 1 aliphatic rings. The van der Waals surface area contributed by atoms with Gasteiger partial charge in [-0.05, 0) is 49.9 Å². The first-order valence-electron chi connectivity index (χ1n) is 9.45. The molecule has 0 radical (unpaired) electrons. The lowest BCUT2D eigenvalue weighted by atomic mass is 10.1. The second-order valence-electron chi connectivity index (χ2n) is 6.81. The third-order valence-corrected chi connectivity index (χ3v) is 4.87. The number of hydrogen-bond donors (Lipinski definition) is 0. The monoisotopic (exact) mass is 366 g/mol. The number of benzene rings is 2. The second-order valence-corrected chi connectivity index (χ2v) is 6.81. The fourth-order valence-electron chi connectivity index (χ4n) is 3.49. The Morgan fingerprint density at radius 1 is 1.15 bits per heavy atom. The molecule has 5 heteroatoms. The maximum absolute atomic E-state index is 13.2. The van der Waals surface area contributed by atoms with Gasteiger partial charge in [0.2, 0.25) is 5.91 Å². The van der Waals surface area contributed by atoms with E-state index < -0.39 is 12.1 Å². The van der Waals surface area contributed by atoms with Gasteiger partial charge in [0.15, 0.2) is 0 Å². The lowest BCUT2D eigenvalue weighted by Gasteiger charge is -2.29. The predicted octanol–water partition coefficient (Wildman–Crippen LogP) is 4.15. The number of rotatable bonds is 5. The quantitative estimate of drug-likeness (QED) is 0.799. The molecule has 1 fully saturated rings. The number of aryl methyl sites for hydroxylation is 1. The van der Waals surface area contributed by atoms with Crippen LogP contribution in [0.4, 0.5) is 10.5 Å². The molecule has 0 aliphatic carbocycles. The fourth-order valence-corrected chi connectivity index (χ4v) is 3.49. The summed E-state index contributed by atoms with van der Waals surface area (Å²) >= 11 is 0. The van der Waals surface area contributed by atoms with Crippen LogP contribution in [0.1, 0.15) is 30.9 Å². The van der Waals surface area contributed by atoms with Crippen molar-refractivity contribution in [2.75, 3.05) is 18.0 Å². The number of likely N-dealkylation sites (N-methyl/N-ethyl adjacent to an activating group) is 1. The molecule has 0 N–H and O–H groups in total. The first-order chi connectivity index (χ1) is 13.1. The third kappa shape index (κ3) is 4.48. The van der Waals surface area contributed by atoms with Crippen molar-refractivity contribution in [2.45, 2.75) is 39.3 Å². The molecule has 27 heavy (non-hydrogen) atoms. The highest BCUT2D eigenvalue weighted by atomic mass is 16.6. The van der Waals surface area contributed by atoms with Crippen LogP contribution in [0.25, 0.3) is 0 Å². The highest BCUT2D eigenvalue weighted by molar-refractivity contribution is 5.99. The van der Waals surface area contributed by atoms with Gasteiger partial charge in [-0.15, -0.1) is 0 Å². The molecule has 0 aromatic heterocycles. The van der Waals surface area contributed by atoms with Crippen molar-refractivity contribution in [3.05, 3.63) is 65.7 Å². The van der Waals surface area contributed by atoms with Crippen LogP contribution in [0.15, 0.2) is 54.6 Å². The van der Waals surface area contributed by atoms with Crippen LogP contribution < -0.4 is 4.90 Å². The van der Waals surface area contributed by atoms with Crippen molar-refractivity contribution in [1.29, 1.82) is 0 Å². The first-order valence-corrected chi connectivity index (χ1v) is 9.45. The Kier molecular flexibility index (Phi) is 6.12. The molecule has 0 saturated carbocycles. The van der Waals surface area contributed by atoms with Gasteiger partial charge < -0.3 is 9.64 Å². The summed E-state index contributed by atoms with van der Waals surface area (Å²) in [4.78, 5) is 29.0. The third-order valence-electron chi connectivity index (χ3n) is 4.87. The normalized spacial score (nSPS) is 16.2. The summed E-state index contributed by atoms with van der Waals surface area (Å²) in [6, 6.07) is 17.0. The van der Waals surface area contributed by atoms with E-state index in [1.165, 1.54) is 0 Å². The summed E-state index contributed by atoms with van der Waals surface area (Å²) in [7, 11) is 0. The van der Waals surface area contributed by atoms with E-state index in [1.807, 2.05) is 68.4 Å². The number of nitrogens with zero attached hydrogens (tertiary/aromatic N) is 2. The van der Waals surface area contributed by atoms with Crippen LogP contribution in [-0.4, -0.2) is 36.0 Å². The molecule has 0 bridgehead atoms. The first kappa shape index (κ1) is 19.0. The zero-order valence-electron chi connectivity index (χ0n) is 15.9. The van der Waals surface area contributed by atoms with E-state index >= 15 is 0 Å². The number of likely N-dealkylation sites (tertiary alicyclic amines) is 1. The van der Waals surface area contributed by atoms with Crippen LogP contribution in [0.5, 0.6) is 0 Å². The van der Waals surface area contributed by atoms with Crippen molar-refractivity contribution >= 4 is 17.7 Å². The minimum atomic E-state index is -0.464. The minimum Gasteiger partial charge on any atom is -0.445 e. The second kappa shape index (κ2) is 8.71. The van der Waals surface area contributed by atoms with Crippen molar-refractivity contribution < 1.29 is 14.3 Å². The van der Waals surface area contributed by atoms with E-state index in [9.17, 15) is 9.59 Å². The van der Waals surface area contributed by atoms with E-state index in [0.29, 0.717) is 19.5 Å². The number of carbonyl (C=O) groups excluding carboxylic acids is 2. The Morgan fingerprint density at radius 2 is 1.93 bits per heavy atom. The minimum absolute atomic E-state index is 0.0442. The SMILES string of the molecule is CCN(C(=O)C1CCCN1C(=O)OCc1ccccc1)c1cccc(C)c1. The molecule has 142 valence electrons. The average Bonchev–Trinajstić information content (AvgIpc) is 3.17. The Bertz CT molecular complexity index is 791. The zero-order chi connectivity index (χ0) is 19.2. The van der Waals surface area contributed by atoms with Gasteiger partial charge in [-0.25, -0.2) is 4.79 Å².